The first kappa shape index (κ1) is 10.1. The smallest absolute Gasteiger partial charge is 0.138 e. The molecule has 1 N–H and O–H groups in total. The molecule has 1 aliphatic rings. The van der Waals surface area contributed by atoms with Crippen LogP contribution in [0.25, 0.3) is 5.65 Å². The molecule has 1 fully saturated rings. The van der Waals surface area contributed by atoms with Crippen molar-refractivity contribution in [3.05, 3.63) is 34.7 Å². The fourth-order valence-corrected chi connectivity index (χ4v) is 2.56. The second-order valence-corrected chi connectivity index (χ2v) is 4.74. The Morgan fingerprint density at radius 3 is 3.19 bits per heavy atom. The van der Waals surface area contributed by atoms with Crippen LogP contribution in [-0.2, 0) is 0 Å². The van der Waals surface area contributed by atoms with Crippen molar-refractivity contribution in [2.75, 3.05) is 6.54 Å². The zero-order chi connectivity index (χ0) is 11.1. The van der Waals surface area contributed by atoms with Gasteiger partial charge in [0.2, 0.25) is 0 Å². The Bertz CT molecular complexity index is 526. The van der Waals surface area contributed by atoms with Crippen LogP contribution in [0.15, 0.2) is 18.3 Å². The lowest BCUT2D eigenvalue weighted by Gasteiger charge is -2.07. The molecular weight excluding hydrogens is 222 g/mol. The Balaban J connectivity index is 2.14. The molecule has 0 aromatic carbocycles. The van der Waals surface area contributed by atoms with Gasteiger partial charge in [0.25, 0.3) is 0 Å². The SMILES string of the molecule is Cc1c(C2CCCN2)nc2cc(Cl)ccn12. The molecule has 1 unspecified atom stereocenters. The van der Waals surface area contributed by atoms with Gasteiger partial charge in [0, 0.05) is 23.0 Å². The van der Waals surface area contributed by atoms with Crippen molar-refractivity contribution in [2.45, 2.75) is 25.8 Å². The number of imidazole rings is 1. The third-order valence-electron chi connectivity index (χ3n) is 3.25. The molecule has 3 heterocycles. The second kappa shape index (κ2) is 3.75. The van der Waals surface area contributed by atoms with Gasteiger partial charge in [-0.2, -0.15) is 0 Å². The van der Waals surface area contributed by atoms with Crippen molar-refractivity contribution >= 4 is 17.2 Å². The van der Waals surface area contributed by atoms with E-state index >= 15 is 0 Å². The van der Waals surface area contributed by atoms with Gasteiger partial charge < -0.3 is 9.72 Å². The Kier molecular flexibility index (Phi) is 2.37. The molecule has 0 aliphatic carbocycles. The van der Waals surface area contributed by atoms with Gasteiger partial charge in [0.05, 0.1) is 11.7 Å². The number of aromatic nitrogens is 2. The first-order valence-electron chi connectivity index (χ1n) is 5.63. The Morgan fingerprint density at radius 1 is 1.56 bits per heavy atom. The van der Waals surface area contributed by atoms with Gasteiger partial charge in [-0.25, -0.2) is 4.98 Å². The topological polar surface area (TPSA) is 29.3 Å². The van der Waals surface area contributed by atoms with E-state index in [2.05, 4.69) is 21.6 Å². The van der Waals surface area contributed by atoms with E-state index in [-0.39, 0.29) is 0 Å². The van der Waals surface area contributed by atoms with E-state index in [1.54, 1.807) is 0 Å². The minimum atomic E-state index is 0.415. The summed E-state index contributed by atoms with van der Waals surface area (Å²) in [5.41, 5.74) is 3.32. The van der Waals surface area contributed by atoms with Gasteiger partial charge in [-0.05, 0) is 32.4 Å². The van der Waals surface area contributed by atoms with E-state index in [0.29, 0.717) is 6.04 Å². The molecule has 0 saturated carbocycles. The lowest BCUT2D eigenvalue weighted by molar-refractivity contribution is 0.627. The van der Waals surface area contributed by atoms with E-state index < -0.39 is 0 Å². The number of rotatable bonds is 1. The summed E-state index contributed by atoms with van der Waals surface area (Å²) >= 11 is 5.97. The molecule has 0 spiro atoms. The van der Waals surface area contributed by atoms with E-state index in [0.717, 1.165) is 17.2 Å². The Hall–Kier alpha value is -1.06. The average molecular weight is 236 g/mol. The molecule has 0 amide bonds. The van der Waals surface area contributed by atoms with Crippen LogP contribution in [-0.4, -0.2) is 15.9 Å². The summed E-state index contributed by atoms with van der Waals surface area (Å²) in [6, 6.07) is 4.22. The second-order valence-electron chi connectivity index (χ2n) is 4.30. The van der Waals surface area contributed by atoms with Crippen LogP contribution in [0, 0.1) is 6.92 Å². The van der Waals surface area contributed by atoms with E-state index in [9.17, 15) is 0 Å². The number of fused-ring (bicyclic) bond motifs is 1. The maximum atomic E-state index is 5.97. The van der Waals surface area contributed by atoms with Gasteiger partial charge in [-0.3, -0.25) is 0 Å². The number of aryl methyl sites for hydroxylation is 1. The Labute approximate surface area is 99.4 Å². The minimum Gasteiger partial charge on any atom is -0.309 e. The van der Waals surface area contributed by atoms with Gasteiger partial charge in [-0.1, -0.05) is 11.6 Å². The maximum Gasteiger partial charge on any atom is 0.138 e. The molecule has 0 bridgehead atoms. The molecule has 16 heavy (non-hydrogen) atoms. The van der Waals surface area contributed by atoms with Crippen molar-refractivity contribution in [1.29, 1.82) is 0 Å². The first-order chi connectivity index (χ1) is 7.75. The van der Waals surface area contributed by atoms with Gasteiger partial charge in [0.1, 0.15) is 5.65 Å². The molecule has 3 nitrogen and oxygen atoms in total. The first-order valence-corrected chi connectivity index (χ1v) is 6.01. The van der Waals surface area contributed by atoms with E-state index in [4.69, 9.17) is 11.6 Å². The standard InChI is InChI=1S/C12H14ClN3/c1-8-12(10-3-2-5-14-10)15-11-7-9(13)4-6-16(8)11/h4,6-7,10,14H,2-3,5H2,1H3. The van der Waals surface area contributed by atoms with Crippen LogP contribution >= 0.6 is 11.6 Å². The minimum absolute atomic E-state index is 0.415. The van der Waals surface area contributed by atoms with Crippen molar-refractivity contribution in [2.24, 2.45) is 0 Å². The fourth-order valence-electron chi connectivity index (χ4n) is 2.41. The molecule has 0 radical (unpaired) electrons. The Morgan fingerprint density at radius 2 is 2.44 bits per heavy atom. The number of hydrogen-bond acceptors (Lipinski definition) is 2. The predicted octanol–water partition coefficient (Wildman–Crippen LogP) is 2.72. The summed E-state index contributed by atoms with van der Waals surface area (Å²) in [5.74, 6) is 0. The highest BCUT2D eigenvalue weighted by Crippen LogP contribution is 2.26. The van der Waals surface area contributed by atoms with Crippen LogP contribution in [0.1, 0.15) is 30.3 Å². The summed E-state index contributed by atoms with van der Waals surface area (Å²) in [6.07, 6.45) is 4.40. The summed E-state index contributed by atoms with van der Waals surface area (Å²) in [4.78, 5) is 4.67. The zero-order valence-electron chi connectivity index (χ0n) is 9.20. The molecule has 1 atom stereocenters. The molecule has 3 rings (SSSR count). The molecular formula is C12H14ClN3. The number of pyridine rings is 1. The van der Waals surface area contributed by atoms with Crippen LogP contribution in [0.5, 0.6) is 0 Å². The van der Waals surface area contributed by atoms with Crippen LogP contribution in [0.2, 0.25) is 5.02 Å². The summed E-state index contributed by atoms with van der Waals surface area (Å²) in [6.45, 7) is 3.21. The molecule has 1 aliphatic heterocycles. The van der Waals surface area contributed by atoms with Crippen molar-refractivity contribution in [1.82, 2.24) is 14.7 Å². The summed E-state index contributed by atoms with van der Waals surface area (Å²) in [5, 5.41) is 4.22. The van der Waals surface area contributed by atoms with E-state index in [1.165, 1.54) is 24.2 Å². The molecule has 4 heteroatoms. The van der Waals surface area contributed by atoms with Gasteiger partial charge >= 0.3 is 0 Å². The lowest BCUT2D eigenvalue weighted by Crippen LogP contribution is -2.14. The number of halogens is 1. The molecule has 2 aromatic heterocycles. The number of nitrogens with one attached hydrogen (secondary N) is 1. The monoisotopic (exact) mass is 235 g/mol. The summed E-state index contributed by atoms with van der Waals surface area (Å²) < 4.78 is 2.10. The highest BCUT2D eigenvalue weighted by molar-refractivity contribution is 6.30. The fraction of sp³-hybridized carbons (Fsp3) is 0.417. The predicted molar refractivity (Wildman–Crippen MR) is 64.9 cm³/mol. The molecule has 1 saturated heterocycles. The van der Waals surface area contributed by atoms with Crippen molar-refractivity contribution < 1.29 is 0 Å². The zero-order valence-corrected chi connectivity index (χ0v) is 9.96. The maximum absolute atomic E-state index is 5.97. The largest absolute Gasteiger partial charge is 0.309 e. The number of nitrogens with zero attached hydrogens (tertiary/aromatic N) is 2. The lowest BCUT2D eigenvalue weighted by atomic mass is 10.1. The highest BCUT2D eigenvalue weighted by atomic mass is 35.5. The van der Waals surface area contributed by atoms with Crippen molar-refractivity contribution in [3.63, 3.8) is 0 Å². The van der Waals surface area contributed by atoms with Gasteiger partial charge in [0.15, 0.2) is 0 Å². The highest BCUT2D eigenvalue weighted by Gasteiger charge is 2.21. The van der Waals surface area contributed by atoms with E-state index in [1.807, 2.05) is 18.3 Å². The average Bonchev–Trinajstić information content (AvgIpc) is 2.86. The van der Waals surface area contributed by atoms with Crippen LogP contribution in [0.4, 0.5) is 0 Å². The van der Waals surface area contributed by atoms with Crippen molar-refractivity contribution in [3.8, 4) is 0 Å². The molecule has 2 aromatic rings. The third-order valence-corrected chi connectivity index (χ3v) is 3.49. The summed E-state index contributed by atoms with van der Waals surface area (Å²) in [7, 11) is 0. The van der Waals surface area contributed by atoms with Gasteiger partial charge in [-0.15, -0.1) is 0 Å². The quantitative estimate of drug-likeness (QED) is 0.824. The number of hydrogen-bond donors (Lipinski definition) is 1. The normalized spacial score (nSPS) is 20.8. The van der Waals surface area contributed by atoms with Crippen LogP contribution < -0.4 is 5.32 Å². The molecule has 84 valence electrons. The third kappa shape index (κ3) is 1.51. The van der Waals surface area contributed by atoms with Crippen LogP contribution in [0.3, 0.4) is 0 Å².